The third kappa shape index (κ3) is 4.07. The van der Waals surface area contributed by atoms with Crippen molar-refractivity contribution in [1.29, 1.82) is 0 Å². The smallest absolute Gasteiger partial charge is 0.0127 e. The van der Waals surface area contributed by atoms with Crippen molar-refractivity contribution >= 4 is 0 Å². The summed E-state index contributed by atoms with van der Waals surface area (Å²) in [4.78, 5) is 0. The van der Waals surface area contributed by atoms with Crippen LogP contribution in [0.25, 0.3) is 0 Å². The Morgan fingerprint density at radius 1 is 1.11 bits per heavy atom. The lowest BCUT2D eigenvalue weighted by Crippen LogP contribution is -2.36. The van der Waals surface area contributed by atoms with Crippen molar-refractivity contribution in [2.45, 2.75) is 58.4 Å². The van der Waals surface area contributed by atoms with Gasteiger partial charge in [0.1, 0.15) is 0 Å². The largest absolute Gasteiger partial charge is 0.313 e. The maximum absolute atomic E-state index is 3.80. The molecule has 2 atom stereocenters. The van der Waals surface area contributed by atoms with Gasteiger partial charge in [-0.3, -0.25) is 0 Å². The molecular formula is C18H29N. The number of nitrogens with one attached hydrogen (secondary N) is 1. The van der Waals surface area contributed by atoms with Gasteiger partial charge in [0.2, 0.25) is 0 Å². The fourth-order valence-corrected chi connectivity index (χ4v) is 3.72. The van der Waals surface area contributed by atoms with Gasteiger partial charge in [0.05, 0.1) is 0 Å². The van der Waals surface area contributed by atoms with Crippen molar-refractivity contribution in [1.82, 2.24) is 5.32 Å². The lowest BCUT2D eigenvalue weighted by molar-refractivity contribution is 0.279. The highest BCUT2D eigenvalue weighted by atomic mass is 15.0. The molecular weight excluding hydrogens is 230 g/mol. The second-order valence-electron chi connectivity index (χ2n) is 6.06. The second kappa shape index (κ2) is 7.69. The summed E-state index contributed by atoms with van der Waals surface area (Å²) in [5.41, 5.74) is 1.51. The molecule has 1 aliphatic rings. The molecule has 0 spiro atoms. The molecule has 1 aromatic carbocycles. The van der Waals surface area contributed by atoms with Gasteiger partial charge in [0, 0.05) is 6.04 Å². The molecule has 1 aromatic rings. The number of rotatable bonds is 7. The Balaban J connectivity index is 1.99. The SMILES string of the molecule is CCCC(CCC)C1NCCC1Cc1ccccc1. The third-order valence-electron chi connectivity index (χ3n) is 4.57. The van der Waals surface area contributed by atoms with E-state index in [9.17, 15) is 0 Å². The summed E-state index contributed by atoms with van der Waals surface area (Å²) in [5.74, 6) is 1.72. The molecule has 1 N–H and O–H groups in total. The molecule has 0 amide bonds. The van der Waals surface area contributed by atoms with Gasteiger partial charge in [-0.25, -0.2) is 0 Å². The normalized spacial score (nSPS) is 23.1. The Hall–Kier alpha value is -0.820. The second-order valence-corrected chi connectivity index (χ2v) is 6.06. The van der Waals surface area contributed by atoms with Crippen molar-refractivity contribution in [3.8, 4) is 0 Å². The van der Waals surface area contributed by atoms with E-state index in [-0.39, 0.29) is 0 Å². The molecule has 0 aliphatic carbocycles. The summed E-state index contributed by atoms with van der Waals surface area (Å²) in [5, 5.41) is 3.80. The van der Waals surface area contributed by atoms with Crippen molar-refractivity contribution in [2.24, 2.45) is 11.8 Å². The molecule has 1 aliphatic heterocycles. The van der Waals surface area contributed by atoms with Crippen LogP contribution in [0.2, 0.25) is 0 Å². The highest BCUT2D eigenvalue weighted by molar-refractivity contribution is 5.16. The zero-order valence-corrected chi connectivity index (χ0v) is 12.6. The molecule has 1 heteroatoms. The van der Waals surface area contributed by atoms with Crippen LogP contribution < -0.4 is 5.32 Å². The van der Waals surface area contributed by atoms with Gasteiger partial charge in [-0.05, 0) is 49.6 Å². The fourth-order valence-electron chi connectivity index (χ4n) is 3.72. The Bertz CT molecular complexity index is 340. The molecule has 106 valence electrons. The molecule has 2 unspecified atom stereocenters. The highest BCUT2D eigenvalue weighted by Gasteiger charge is 2.32. The fraction of sp³-hybridized carbons (Fsp3) is 0.667. The monoisotopic (exact) mass is 259 g/mol. The quantitative estimate of drug-likeness (QED) is 0.764. The summed E-state index contributed by atoms with van der Waals surface area (Å²) in [7, 11) is 0. The van der Waals surface area contributed by atoms with Crippen molar-refractivity contribution < 1.29 is 0 Å². The minimum Gasteiger partial charge on any atom is -0.313 e. The van der Waals surface area contributed by atoms with Crippen LogP contribution in [0, 0.1) is 11.8 Å². The summed E-state index contributed by atoms with van der Waals surface area (Å²) in [6.45, 7) is 5.86. The van der Waals surface area contributed by atoms with Gasteiger partial charge in [-0.1, -0.05) is 57.0 Å². The van der Waals surface area contributed by atoms with Crippen LogP contribution in [-0.4, -0.2) is 12.6 Å². The van der Waals surface area contributed by atoms with Gasteiger partial charge in [0.15, 0.2) is 0 Å². The van der Waals surface area contributed by atoms with Crippen LogP contribution in [0.1, 0.15) is 51.5 Å². The van der Waals surface area contributed by atoms with Crippen molar-refractivity contribution in [3.05, 3.63) is 35.9 Å². The molecule has 0 saturated carbocycles. The highest BCUT2D eigenvalue weighted by Crippen LogP contribution is 2.30. The minimum absolute atomic E-state index is 0.750. The third-order valence-corrected chi connectivity index (χ3v) is 4.57. The van der Waals surface area contributed by atoms with E-state index in [1.807, 2.05) is 0 Å². The first-order valence-electron chi connectivity index (χ1n) is 8.12. The predicted molar refractivity (Wildman–Crippen MR) is 83.3 cm³/mol. The zero-order chi connectivity index (χ0) is 13.5. The Morgan fingerprint density at radius 3 is 2.42 bits per heavy atom. The first-order chi connectivity index (χ1) is 9.35. The van der Waals surface area contributed by atoms with E-state index in [2.05, 4.69) is 49.5 Å². The zero-order valence-electron chi connectivity index (χ0n) is 12.6. The standard InChI is InChI=1S/C18H29N/c1-3-8-16(9-4-2)18-17(12-13-19-18)14-15-10-6-5-7-11-15/h5-7,10-11,16-19H,3-4,8-9,12-14H2,1-2H3. The summed E-state index contributed by atoms with van der Waals surface area (Å²) < 4.78 is 0. The first kappa shape index (κ1) is 14.6. The Kier molecular flexibility index (Phi) is 5.91. The number of hydrogen-bond donors (Lipinski definition) is 1. The van der Waals surface area contributed by atoms with Crippen LogP contribution in [0.3, 0.4) is 0 Å². The molecule has 2 rings (SSSR count). The van der Waals surface area contributed by atoms with Gasteiger partial charge < -0.3 is 5.32 Å². The molecule has 1 saturated heterocycles. The lowest BCUT2D eigenvalue weighted by Gasteiger charge is -2.28. The molecule has 0 radical (unpaired) electrons. The molecule has 0 aromatic heterocycles. The van der Waals surface area contributed by atoms with Crippen LogP contribution in [0.5, 0.6) is 0 Å². The van der Waals surface area contributed by atoms with E-state index in [4.69, 9.17) is 0 Å². The number of benzene rings is 1. The maximum Gasteiger partial charge on any atom is 0.0127 e. The Labute approximate surface area is 118 Å². The molecule has 1 fully saturated rings. The number of hydrogen-bond acceptors (Lipinski definition) is 1. The summed E-state index contributed by atoms with van der Waals surface area (Å²) in [6, 6.07) is 11.8. The average molecular weight is 259 g/mol. The van der Waals surface area contributed by atoms with Gasteiger partial charge in [0.25, 0.3) is 0 Å². The van der Waals surface area contributed by atoms with Crippen LogP contribution in [-0.2, 0) is 6.42 Å². The van der Waals surface area contributed by atoms with Gasteiger partial charge in [-0.2, -0.15) is 0 Å². The Morgan fingerprint density at radius 2 is 1.79 bits per heavy atom. The van der Waals surface area contributed by atoms with E-state index in [1.54, 1.807) is 0 Å². The maximum atomic E-state index is 3.80. The van der Waals surface area contributed by atoms with Crippen molar-refractivity contribution in [2.75, 3.05) is 6.54 Å². The summed E-state index contributed by atoms with van der Waals surface area (Å²) >= 11 is 0. The minimum atomic E-state index is 0.750. The van der Waals surface area contributed by atoms with E-state index in [1.165, 1.54) is 50.6 Å². The molecule has 1 nitrogen and oxygen atoms in total. The van der Waals surface area contributed by atoms with Gasteiger partial charge in [-0.15, -0.1) is 0 Å². The van der Waals surface area contributed by atoms with Crippen molar-refractivity contribution in [3.63, 3.8) is 0 Å². The van der Waals surface area contributed by atoms with E-state index in [0.717, 1.165) is 17.9 Å². The van der Waals surface area contributed by atoms with E-state index in [0.29, 0.717) is 0 Å². The molecule has 1 heterocycles. The van der Waals surface area contributed by atoms with Crippen LogP contribution >= 0.6 is 0 Å². The van der Waals surface area contributed by atoms with Crippen LogP contribution in [0.15, 0.2) is 30.3 Å². The summed E-state index contributed by atoms with van der Waals surface area (Å²) in [6.07, 6.45) is 8.02. The topological polar surface area (TPSA) is 12.0 Å². The predicted octanol–water partition coefficient (Wildman–Crippen LogP) is 4.42. The lowest BCUT2D eigenvalue weighted by atomic mass is 9.81. The van der Waals surface area contributed by atoms with E-state index < -0.39 is 0 Å². The van der Waals surface area contributed by atoms with Gasteiger partial charge >= 0.3 is 0 Å². The average Bonchev–Trinajstić information content (AvgIpc) is 2.88. The molecule has 0 bridgehead atoms. The first-order valence-corrected chi connectivity index (χ1v) is 8.12. The van der Waals surface area contributed by atoms with E-state index >= 15 is 0 Å². The molecule has 19 heavy (non-hydrogen) atoms. The van der Waals surface area contributed by atoms with Crippen LogP contribution in [0.4, 0.5) is 0 Å².